The van der Waals surface area contributed by atoms with Gasteiger partial charge >= 0.3 is 0 Å². The normalized spacial score (nSPS) is 23.3. The molecule has 1 amide bonds. The molecular weight excluding hydrogens is 152 g/mol. The van der Waals surface area contributed by atoms with Gasteiger partial charge in [0.2, 0.25) is 5.91 Å². The van der Waals surface area contributed by atoms with E-state index in [1.807, 2.05) is 13.8 Å². The van der Waals surface area contributed by atoms with Crippen molar-refractivity contribution in [3.05, 3.63) is 0 Å². The standard InChI is InChI=1S/C9H16N2O/c1-5(2)7-8(6(3)4)10-11-9(7)12/h5-7H,1-4H3,(H,11,12). The van der Waals surface area contributed by atoms with Gasteiger partial charge in [-0.1, -0.05) is 27.7 Å². The zero-order valence-electron chi connectivity index (χ0n) is 8.09. The first-order valence-electron chi connectivity index (χ1n) is 4.41. The molecule has 0 fully saturated rings. The molecule has 0 aromatic carbocycles. The van der Waals surface area contributed by atoms with Crippen LogP contribution in [0.1, 0.15) is 27.7 Å². The van der Waals surface area contributed by atoms with E-state index in [0.717, 1.165) is 5.71 Å². The maximum atomic E-state index is 11.3. The van der Waals surface area contributed by atoms with Gasteiger partial charge in [-0.05, 0) is 11.8 Å². The van der Waals surface area contributed by atoms with E-state index in [1.165, 1.54) is 0 Å². The van der Waals surface area contributed by atoms with Gasteiger partial charge in [0, 0.05) is 0 Å². The van der Waals surface area contributed by atoms with Crippen LogP contribution in [0, 0.1) is 17.8 Å². The summed E-state index contributed by atoms with van der Waals surface area (Å²) in [7, 11) is 0. The Morgan fingerprint density at radius 3 is 2.25 bits per heavy atom. The third-order valence-corrected chi connectivity index (χ3v) is 2.15. The highest BCUT2D eigenvalue weighted by atomic mass is 16.2. The van der Waals surface area contributed by atoms with Crippen molar-refractivity contribution in [2.24, 2.45) is 22.9 Å². The average molecular weight is 168 g/mol. The number of hydrazone groups is 1. The Balaban J connectivity index is 2.81. The van der Waals surface area contributed by atoms with Gasteiger partial charge in [0.1, 0.15) is 0 Å². The van der Waals surface area contributed by atoms with Gasteiger partial charge in [-0.3, -0.25) is 4.79 Å². The van der Waals surface area contributed by atoms with Gasteiger partial charge in [-0.25, -0.2) is 5.43 Å². The maximum Gasteiger partial charge on any atom is 0.249 e. The Kier molecular flexibility index (Phi) is 2.50. The second kappa shape index (κ2) is 3.25. The van der Waals surface area contributed by atoms with Crippen molar-refractivity contribution in [2.45, 2.75) is 27.7 Å². The van der Waals surface area contributed by atoms with Crippen LogP contribution in [0.4, 0.5) is 0 Å². The molecule has 12 heavy (non-hydrogen) atoms. The minimum atomic E-state index is -0.00926. The van der Waals surface area contributed by atoms with Crippen LogP contribution in [0.25, 0.3) is 0 Å². The lowest BCUT2D eigenvalue weighted by atomic mass is 9.86. The molecule has 0 saturated heterocycles. The molecule has 3 nitrogen and oxygen atoms in total. The molecule has 0 aliphatic carbocycles. The molecule has 0 spiro atoms. The Morgan fingerprint density at radius 1 is 1.33 bits per heavy atom. The van der Waals surface area contributed by atoms with Gasteiger partial charge < -0.3 is 0 Å². The Labute approximate surface area is 73.2 Å². The first-order valence-corrected chi connectivity index (χ1v) is 4.41. The van der Waals surface area contributed by atoms with Gasteiger partial charge in [-0.2, -0.15) is 5.10 Å². The highest BCUT2D eigenvalue weighted by molar-refractivity contribution is 6.08. The van der Waals surface area contributed by atoms with Crippen LogP contribution < -0.4 is 5.43 Å². The molecule has 0 bridgehead atoms. The van der Waals surface area contributed by atoms with Crippen molar-refractivity contribution >= 4 is 11.6 Å². The van der Waals surface area contributed by atoms with Gasteiger partial charge in [0.05, 0.1) is 11.6 Å². The third-order valence-electron chi connectivity index (χ3n) is 2.15. The van der Waals surface area contributed by atoms with E-state index in [9.17, 15) is 4.79 Å². The second-order valence-corrected chi connectivity index (χ2v) is 3.89. The number of nitrogens with zero attached hydrogens (tertiary/aromatic N) is 1. The lowest BCUT2D eigenvalue weighted by Crippen LogP contribution is -2.29. The Morgan fingerprint density at radius 2 is 1.92 bits per heavy atom. The number of hydrogen-bond acceptors (Lipinski definition) is 2. The largest absolute Gasteiger partial charge is 0.272 e. The van der Waals surface area contributed by atoms with E-state index in [2.05, 4.69) is 24.4 Å². The van der Waals surface area contributed by atoms with Crippen molar-refractivity contribution in [3.63, 3.8) is 0 Å². The number of amides is 1. The number of nitrogens with one attached hydrogen (secondary N) is 1. The predicted molar refractivity (Wildman–Crippen MR) is 48.7 cm³/mol. The molecule has 1 aliphatic rings. The molecule has 0 saturated carbocycles. The molecule has 1 rings (SSSR count). The summed E-state index contributed by atoms with van der Waals surface area (Å²) in [6.07, 6.45) is 0. The maximum absolute atomic E-state index is 11.3. The zero-order chi connectivity index (χ0) is 9.30. The summed E-state index contributed by atoms with van der Waals surface area (Å²) < 4.78 is 0. The quantitative estimate of drug-likeness (QED) is 0.665. The molecule has 0 aromatic heterocycles. The molecule has 0 aromatic rings. The van der Waals surface area contributed by atoms with Gasteiger partial charge in [-0.15, -0.1) is 0 Å². The molecule has 1 N–H and O–H groups in total. The molecule has 1 atom stereocenters. The van der Waals surface area contributed by atoms with E-state index >= 15 is 0 Å². The lowest BCUT2D eigenvalue weighted by molar-refractivity contribution is -0.123. The van der Waals surface area contributed by atoms with E-state index in [0.29, 0.717) is 11.8 Å². The van der Waals surface area contributed by atoms with Crippen molar-refractivity contribution in [3.8, 4) is 0 Å². The van der Waals surface area contributed by atoms with Crippen molar-refractivity contribution in [1.82, 2.24) is 5.43 Å². The summed E-state index contributed by atoms with van der Waals surface area (Å²) in [4.78, 5) is 11.3. The average Bonchev–Trinajstić information content (AvgIpc) is 2.30. The predicted octanol–water partition coefficient (Wildman–Crippen LogP) is 1.40. The van der Waals surface area contributed by atoms with Gasteiger partial charge in [0.25, 0.3) is 0 Å². The third kappa shape index (κ3) is 1.49. The van der Waals surface area contributed by atoms with Crippen molar-refractivity contribution < 1.29 is 4.79 Å². The van der Waals surface area contributed by atoms with Crippen LogP contribution in [-0.2, 0) is 4.79 Å². The molecule has 68 valence electrons. The number of carbonyl (C=O) groups excluding carboxylic acids is 1. The lowest BCUT2D eigenvalue weighted by Gasteiger charge is -2.16. The molecule has 1 heterocycles. The number of rotatable bonds is 2. The van der Waals surface area contributed by atoms with Crippen LogP contribution in [0.15, 0.2) is 5.10 Å². The van der Waals surface area contributed by atoms with E-state index < -0.39 is 0 Å². The second-order valence-electron chi connectivity index (χ2n) is 3.89. The summed E-state index contributed by atoms with van der Waals surface area (Å²) >= 11 is 0. The first-order chi connectivity index (χ1) is 5.54. The minimum absolute atomic E-state index is 0.00926. The SMILES string of the molecule is CC(C)C1=NNC(=O)C1C(C)C. The van der Waals surface area contributed by atoms with Crippen LogP contribution in [0.3, 0.4) is 0 Å². The minimum Gasteiger partial charge on any atom is -0.272 e. The van der Waals surface area contributed by atoms with Crippen LogP contribution in [0.5, 0.6) is 0 Å². The topological polar surface area (TPSA) is 41.5 Å². The fraction of sp³-hybridized carbons (Fsp3) is 0.778. The van der Waals surface area contributed by atoms with E-state index in [4.69, 9.17) is 0 Å². The summed E-state index contributed by atoms with van der Waals surface area (Å²) in [6.45, 7) is 8.23. The summed E-state index contributed by atoms with van der Waals surface area (Å²) in [6, 6.07) is 0. The molecule has 1 unspecified atom stereocenters. The fourth-order valence-corrected chi connectivity index (χ4v) is 1.53. The van der Waals surface area contributed by atoms with Crippen molar-refractivity contribution in [2.75, 3.05) is 0 Å². The van der Waals surface area contributed by atoms with Crippen molar-refractivity contribution in [1.29, 1.82) is 0 Å². The summed E-state index contributed by atoms with van der Waals surface area (Å²) in [5.74, 6) is 0.740. The smallest absolute Gasteiger partial charge is 0.249 e. The fourth-order valence-electron chi connectivity index (χ4n) is 1.53. The van der Waals surface area contributed by atoms with Crippen LogP contribution in [0.2, 0.25) is 0 Å². The monoisotopic (exact) mass is 168 g/mol. The van der Waals surface area contributed by atoms with E-state index in [1.54, 1.807) is 0 Å². The van der Waals surface area contributed by atoms with Crippen LogP contribution >= 0.6 is 0 Å². The molecule has 0 radical (unpaired) electrons. The molecule has 1 aliphatic heterocycles. The Bertz CT molecular complexity index is 219. The first kappa shape index (κ1) is 9.23. The molecule has 3 heteroatoms. The molecular formula is C9H16N2O. The van der Waals surface area contributed by atoms with E-state index in [-0.39, 0.29) is 11.8 Å². The summed E-state index contributed by atoms with van der Waals surface area (Å²) in [5.41, 5.74) is 3.53. The highest BCUT2D eigenvalue weighted by Gasteiger charge is 2.33. The summed E-state index contributed by atoms with van der Waals surface area (Å²) in [5, 5.41) is 4.04. The van der Waals surface area contributed by atoms with Gasteiger partial charge in [0.15, 0.2) is 0 Å². The zero-order valence-corrected chi connectivity index (χ0v) is 8.09. The number of hydrogen-bond donors (Lipinski definition) is 1. The van der Waals surface area contributed by atoms with Crippen LogP contribution in [-0.4, -0.2) is 11.6 Å². The number of carbonyl (C=O) groups is 1. The Hall–Kier alpha value is -0.860. The highest BCUT2D eigenvalue weighted by Crippen LogP contribution is 2.21.